The second-order valence-electron chi connectivity index (χ2n) is 16.1. The first kappa shape index (κ1) is 42.2. The highest BCUT2D eigenvalue weighted by Crippen LogP contribution is 2.52. The minimum atomic E-state index is -5.09. The quantitative estimate of drug-likeness (QED) is 0.138. The van der Waals surface area contributed by atoms with Gasteiger partial charge in [-0.3, -0.25) is 19.1 Å². The zero-order chi connectivity index (χ0) is 42.2. The van der Waals surface area contributed by atoms with Gasteiger partial charge in [0, 0.05) is 57.2 Å². The van der Waals surface area contributed by atoms with Crippen molar-refractivity contribution in [2.24, 2.45) is 24.8 Å². The van der Waals surface area contributed by atoms with E-state index in [1.165, 1.54) is 34.8 Å². The van der Waals surface area contributed by atoms with Crippen LogP contribution in [0.4, 0.5) is 28.0 Å². The van der Waals surface area contributed by atoms with Crippen LogP contribution in [0.25, 0.3) is 0 Å². The van der Waals surface area contributed by atoms with Crippen LogP contribution in [0.15, 0.2) is 54.7 Å². The number of nitrogens with one attached hydrogen (secondary N) is 2. The number of amides is 4. The summed E-state index contributed by atoms with van der Waals surface area (Å²) in [4.78, 5) is 56.6. The van der Waals surface area contributed by atoms with Crippen LogP contribution in [0.5, 0.6) is 5.75 Å². The molecule has 59 heavy (non-hydrogen) atoms. The summed E-state index contributed by atoms with van der Waals surface area (Å²) in [5.41, 5.74) is -0.473. The summed E-state index contributed by atoms with van der Waals surface area (Å²) < 4.78 is 71.2. The smallest absolute Gasteiger partial charge is 0.416 e. The number of carbonyl (C=O) groups is 4. The standard InChI is InChI=1S/C41H47ClF4N6O7/c1-23(42)38(56)52(21-33(53)41(44,45)46)31-20-40(13-16-51(17-14-40)39(57)58-22-24-6-4-3-5-7-24)59-32-19-29(28(43)18-27(31)32)48-37(55)35(34(25-8-9-25)26-10-11-26)49-36(54)30-12-15-47-50(30)2/h3-7,12,15,18-19,23,25-26,31,33-35,53H,8-11,13-14,16-17,20-22H2,1-2H3,(H,48,55)(H,49,54)/t23-,31?,33-,35-/m0/s1. The van der Waals surface area contributed by atoms with Gasteiger partial charge in [0.2, 0.25) is 11.8 Å². The van der Waals surface area contributed by atoms with Crippen molar-refractivity contribution < 1.29 is 51.3 Å². The van der Waals surface area contributed by atoms with Gasteiger partial charge in [0.15, 0.2) is 6.10 Å². The van der Waals surface area contributed by atoms with Gasteiger partial charge in [-0.05, 0) is 68.1 Å². The first-order valence-electron chi connectivity index (χ1n) is 19.8. The molecule has 2 saturated carbocycles. The van der Waals surface area contributed by atoms with E-state index >= 15 is 4.39 Å². The third-order valence-corrected chi connectivity index (χ3v) is 12.0. The molecule has 18 heteroatoms. The molecule has 3 aromatic rings. The van der Waals surface area contributed by atoms with Crippen molar-refractivity contribution >= 4 is 41.1 Å². The Kier molecular flexibility index (Phi) is 12.2. The second-order valence-corrected chi connectivity index (χ2v) is 16.8. The minimum Gasteiger partial charge on any atom is -0.487 e. The van der Waals surface area contributed by atoms with Crippen molar-refractivity contribution in [1.82, 2.24) is 24.9 Å². The van der Waals surface area contributed by atoms with E-state index in [0.717, 1.165) is 42.2 Å². The SMILES string of the molecule is C[C@H](Cl)C(=O)N(C[C@H](O)C(F)(F)F)C1CC2(CCN(C(=O)OCc3ccccc3)CC2)Oc2cc(NC(=O)[C@@H](NC(=O)c3ccnn3C)C(C3CC3)C3CC3)c(F)cc21. The van der Waals surface area contributed by atoms with Gasteiger partial charge in [-0.25, -0.2) is 9.18 Å². The highest BCUT2D eigenvalue weighted by molar-refractivity contribution is 6.30. The number of aryl methyl sites for hydroxylation is 1. The van der Waals surface area contributed by atoms with Gasteiger partial charge < -0.3 is 35.0 Å². The first-order valence-corrected chi connectivity index (χ1v) is 20.2. The lowest BCUT2D eigenvalue weighted by atomic mass is 9.79. The Morgan fingerprint density at radius 2 is 1.73 bits per heavy atom. The predicted octanol–water partition coefficient (Wildman–Crippen LogP) is 6.11. The summed E-state index contributed by atoms with van der Waals surface area (Å²) in [5, 5.41) is 18.5. The molecular weight excluding hydrogens is 800 g/mol. The zero-order valence-electron chi connectivity index (χ0n) is 32.6. The molecule has 4 amide bonds. The second kappa shape index (κ2) is 17.0. The molecule has 318 valence electrons. The fraction of sp³-hybridized carbons (Fsp3) is 0.537. The molecule has 13 nitrogen and oxygen atoms in total. The number of aliphatic hydroxyl groups is 1. The summed E-state index contributed by atoms with van der Waals surface area (Å²) in [6.45, 7) is 0.365. The number of aromatic nitrogens is 2. The molecule has 1 saturated heterocycles. The molecule has 0 bridgehead atoms. The average Bonchev–Trinajstić information content (AvgIpc) is 4.15. The normalized spacial score (nSPS) is 20.2. The third kappa shape index (κ3) is 9.61. The van der Waals surface area contributed by atoms with E-state index in [4.69, 9.17) is 21.1 Å². The van der Waals surface area contributed by atoms with Crippen molar-refractivity contribution in [3.8, 4) is 5.75 Å². The van der Waals surface area contributed by atoms with Crippen molar-refractivity contribution in [3.63, 3.8) is 0 Å². The van der Waals surface area contributed by atoms with Crippen molar-refractivity contribution in [2.75, 3.05) is 25.0 Å². The van der Waals surface area contributed by atoms with E-state index in [-0.39, 0.29) is 79.4 Å². The topological polar surface area (TPSA) is 155 Å². The monoisotopic (exact) mass is 846 g/mol. The Balaban J connectivity index is 1.18. The highest BCUT2D eigenvalue weighted by atomic mass is 35.5. The van der Waals surface area contributed by atoms with Crippen LogP contribution in [0.2, 0.25) is 0 Å². The van der Waals surface area contributed by atoms with Crippen LogP contribution in [0.1, 0.15) is 79.5 Å². The van der Waals surface area contributed by atoms with Gasteiger partial charge in [-0.15, -0.1) is 11.6 Å². The Morgan fingerprint density at radius 1 is 1.07 bits per heavy atom. The Labute approximate surface area is 343 Å². The van der Waals surface area contributed by atoms with Gasteiger partial charge in [0.25, 0.3) is 5.91 Å². The molecule has 3 heterocycles. The number of carbonyl (C=O) groups excluding carboxylic acids is 4. The van der Waals surface area contributed by atoms with E-state index < -0.39 is 71.5 Å². The van der Waals surface area contributed by atoms with Gasteiger partial charge in [0.05, 0.1) is 18.3 Å². The van der Waals surface area contributed by atoms with Crippen molar-refractivity contribution in [3.05, 3.63) is 77.4 Å². The van der Waals surface area contributed by atoms with Crippen LogP contribution in [-0.2, 0) is 28.0 Å². The zero-order valence-corrected chi connectivity index (χ0v) is 33.3. The van der Waals surface area contributed by atoms with Crippen LogP contribution >= 0.6 is 11.6 Å². The molecular formula is C41H47ClF4N6O7. The molecule has 7 rings (SSSR count). The molecule has 4 aliphatic rings. The first-order chi connectivity index (χ1) is 28.0. The molecule has 2 aromatic carbocycles. The van der Waals surface area contributed by atoms with Gasteiger partial charge >= 0.3 is 12.3 Å². The number of hydrogen-bond acceptors (Lipinski definition) is 8. The van der Waals surface area contributed by atoms with Gasteiger partial charge in [0.1, 0.15) is 40.9 Å². The average molecular weight is 847 g/mol. The van der Waals surface area contributed by atoms with E-state index in [1.54, 1.807) is 7.05 Å². The fourth-order valence-electron chi connectivity index (χ4n) is 8.38. The summed E-state index contributed by atoms with van der Waals surface area (Å²) in [6, 6.07) is 10.6. The molecule has 1 spiro atoms. The highest BCUT2D eigenvalue weighted by Gasteiger charge is 2.51. The number of rotatable bonds is 13. The minimum absolute atomic E-state index is 0.00534. The van der Waals surface area contributed by atoms with Crippen LogP contribution < -0.4 is 15.4 Å². The van der Waals surface area contributed by atoms with E-state index in [2.05, 4.69) is 15.7 Å². The number of nitrogens with zero attached hydrogens (tertiary/aromatic N) is 4. The molecule has 1 aromatic heterocycles. The summed E-state index contributed by atoms with van der Waals surface area (Å²) >= 11 is 6.17. The number of fused-ring (bicyclic) bond motifs is 1. The Bertz CT molecular complexity index is 2020. The number of likely N-dealkylation sites (tertiary alicyclic amines) is 1. The number of aliphatic hydroxyl groups excluding tert-OH is 1. The maximum atomic E-state index is 16.3. The van der Waals surface area contributed by atoms with Crippen LogP contribution in [0, 0.1) is 23.6 Å². The summed E-state index contributed by atoms with van der Waals surface area (Å²) in [5.74, 6) is -2.90. The Hall–Kier alpha value is -4.90. The maximum Gasteiger partial charge on any atom is 0.416 e. The van der Waals surface area contributed by atoms with Gasteiger partial charge in [-0.1, -0.05) is 30.3 Å². The number of ether oxygens (including phenoxy) is 2. The van der Waals surface area contributed by atoms with E-state index in [0.29, 0.717) is 0 Å². The number of hydrogen-bond donors (Lipinski definition) is 3. The molecule has 3 fully saturated rings. The lowest BCUT2D eigenvalue weighted by Crippen LogP contribution is -2.55. The number of anilines is 1. The number of halogens is 5. The Morgan fingerprint density at radius 3 is 2.31 bits per heavy atom. The summed E-state index contributed by atoms with van der Waals surface area (Å²) in [7, 11) is 1.60. The van der Waals surface area contributed by atoms with Crippen LogP contribution in [0.3, 0.4) is 0 Å². The molecule has 2 aliphatic carbocycles. The fourth-order valence-corrected chi connectivity index (χ4v) is 8.51. The van der Waals surface area contributed by atoms with Crippen molar-refractivity contribution in [1.29, 1.82) is 0 Å². The maximum absolute atomic E-state index is 16.3. The number of benzene rings is 2. The number of piperidine rings is 1. The molecule has 1 unspecified atom stereocenters. The summed E-state index contributed by atoms with van der Waals surface area (Å²) in [6.07, 6.45) is -3.43. The third-order valence-electron chi connectivity index (χ3n) is 11.8. The van der Waals surface area contributed by atoms with Crippen molar-refractivity contribution in [2.45, 2.75) is 93.8 Å². The molecule has 0 radical (unpaired) electrons. The molecule has 3 N–H and O–H groups in total. The van der Waals surface area contributed by atoms with Crippen LogP contribution in [-0.4, -0.2) is 97.4 Å². The predicted molar refractivity (Wildman–Crippen MR) is 206 cm³/mol. The lowest BCUT2D eigenvalue weighted by molar-refractivity contribution is -0.210. The molecule has 4 atom stereocenters. The number of alkyl halides is 4. The van der Waals surface area contributed by atoms with E-state index in [1.807, 2.05) is 30.3 Å². The largest absolute Gasteiger partial charge is 0.487 e. The molecule has 2 aliphatic heterocycles. The van der Waals surface area contributed by atoms with Gasteiger partial charge in [-0.2, -0.15) is 18.3 Å². The van der Waals surface area contributed by atoms with E-state index in [9.17, 15) is 37.5 Å². The lowest BCUT2D eigenvalue weighted by Gasteiger charge is -2.49.